The summed E-state index contributed by atoms with van der Waals surface area (Å²) in [5.41, 5.74) is 5.89. The number of pyridine rings is 1. The second kappa shape index (κ2) is 8.96. The lowest BCUT2D eigenvalue weighted by Gasteiger charge is -2.20. The summed E-state index contributed by atoms with van der Waals surface area (Å²) in [6.07, 6.45) is 1.41. The third kappa shape index (κ3) is 4.04. The molecule has 1 fully saturated rings. The molecule has 182 valence electrons. The fraction of sp³-hybridized carbons (Fsp3) is 0.208. The number of aryl methyl sites for hydroxylation is 1. The summed E-state index contributed by atoms with van der Waals surface area (Å²) in [7, 11) is 1.51. The molecule has 2 heterocycles. The van der Waals surface area contributed by atoms with Crippen molar-refractivity contribution in [1.82, 2.24) is 13.7 Å². The molecule has 9 nitrogen and oxygen atoms in total. The standard InChI is InChI=1S/C24H21FIN5O3.H2O/c1-12-20-19(21(29(2)22(12)32)28-18-9-6-13(26)10-17(18)25)23(33)31(15-7-8-15)24(34)30(20)16-5-3-4-14(27)11-16;/h3-6,9-11,15,28H,7-8,27H2,1-2H3;1H2. The van der Waals surface area contributed by atoms with Crippen LogP contribution in [0, 0.1) is 16.3 Å². The van der Waals surface area contributed by atoms with Crippen LogP contribution in [0.5, 0.6) is 0 Å². The first-order valence-electron chi connectivity index (χ1n) is 10.7. The molecule has 1 aliphatic rings. The second-order valence-electron chi connectivity index (χ2n) is 8.43. The van der Waals surface area contributed by atoms with Gasteiger partial charge in [-0.15, -0.1) is 0 Å². The van der Waals surface area contributed by atoms with E-state index in [4.69, 9.17) is 5.73 Å². The number of fused-ring (bicyclic) bond motifs is 1. The molecule has 11 heteroatoms. The van der Waals surface area contributed by atoms with Crippen LogP contribution in [0.3, 0.4) is 0 Å². The van der Waals surface area contributed by atoms with E-state index in [1.807, 2.05) is 22.6 Å². The van der Waals surface area contributed by atoms with Crippen LogP contribution in [0.2, 0.25) is 0 Å². The van der Waals surface area contributed by atoms with Gasteiger partial charge in [-0.2, -0.15) is 0 Å². The molecule has 0 amide bonds. The zero-order valence-corrected chi connectivity index (χ0v) is 21.1. The number of rotatable bonds is 4. The lowest BCUT2D eigenvalue weighted by atomic mass is 10.1. The van der Waals surface area contributed by atoms with Crippen molar-refractivity contribution in [3.05, 3.63) is 88.6 Å². The lowest BCUT2D eigenvalue weighted by Crippen LogP contribution is -2.41. The molecule has 5 N–H and O–H groups in total. The van der Waals surface area contributed by atoms with Gasteiger partial charge in [0.05, 0.1) is 16.9 Å². The van der Waals surface area contributed by atoms with E-state index in [0.717, 1.165) is 0 Å². The Bertz CT molecular complexity index is 1670. The normalized spacial score (nSPS) is 13.0. The molecule has 0 bridgehead atoms. The van der Waals surface area contributed by atoms with Gasteiger partial charge in [-0.25, -0.2) is 9.18 Å². The van der Waals surface area contributed by atoms with E-state index in [1.54, 1.807) is 43.3 Å². The van der Waals surface area contributed by atoms with Crippen molar-refractivity contribution in [2.75, 3.05) is 11.1 Å². The van der Waals surface area contributed by atoms with Gasteiger partial charge in [-0.1, -0.05) is 6.07 Å². The van der Waals surface area contributed by atoms with Gasteiger partial charge in [-0.05, 0) is 78.8 Å². The minimum absolute atomic E-state index is 0. The Hall–Kier alpha value is -3.45. The molecule has 4 aromatic rings. The minimum atomic E-state index is -0.534. The fourth-order valence-electron chi connectivity index (χ4n) is 4.24. The van der Waals surface area contributed by atoms with Gasteiger partial charge >= 0.3 is 5.69 Å². The van der Waals surface area contributed by atoms with E-state index in [1.165, 1.54) is 26.8 Å². The molecule has 5 rings (SSSR count). The van der Waals surface area contributed by atoms with E-state index in [-0.39, 0.29) is 39.5 Å². The summed E-state index contributed by atoms with van der Waals surface area (Å²) in [6.45, 7) is 1.57. The first-order chi connectivity index (χ1) is 16.2. The summed E-state index contributed by atoms with van der Waals surface area (Å²) in [5.74, 6) is -0.414. The predicted molar refractivity (Wildman–Crippen MR) is 142 cm³/mol. The summed E-state index contributed by atoms with van der Waals surface area (Å²) in [4.78, 5) is 40.5. The summed E-state index contributed by atoms with van der Waals surface area (Å²) < 4.78 is 19.3. The Morgan fingerprint density at radius 3 is 2.43 bits per heavy atom. The van der Waals surface area contributed by atoms with Crippen LogP contribution in [0.4, 0.5) is 21.6 Å². The maximum Gasteiger partial charge on any atom is 0.336 e. The number of halogens is 2. The van der Waals surface area contributed by atoms with Crippen molar-refractivity contribution >= 4 is 50.7 Å². The number of anilines is 3. The highest BCUT2D eigenvalue weighted by Gasteiger charge is 2.31. The van der Waals surface area contributed by atoms with E-state index in [9.17, 15) is 18.8 Å². The smallest absolute Gasteiger partial charge is 0.336 e. The van der Waals surface area contributed by atoms with Gasteiger partial charge in [0.1, 0.15) is 17.0 Å². The van der Waals surface area contributed by atoms with Gasteiger partial charge in [0.25, 0.3) is 11.1 Å². The first-order valence-corrected chi connectivity index (χ1v) is 11.8. The van der Waals surface area contributed by atoms with E-state index in [0.29, 0.717) is 27.8 Å². The van der Waals surface area contributed by atoms with Gasteiger partial charge < -0.3 is 16.5 Å². The SMILES string of the molecule is Cc1c(=O)n(C)c(Nc2ccc(I)cc2F)c2c(=O)n(C3CC3)c(=O)n(-c3cccc(N)c3)c12.O. The van der Waals surface area contributed by atoms with E-state index < -0.39 is 22.6 Å². The molecule has 2 aromatic heterocycles. The largest absolute Gasteiger partial charge is 0.412 e. The van der Waals surface area contributed by atoms with Crippen LogP contribution in [0.25, 0.3) is 16.6 Å². The maximum atomic E-state index is 14.7. The molecule has 1 saturated carbocycles. The van der Waals surface area contributed by atoms with Crippen molar-refractivity contribution < 1.29 is 9.87 Å². The summed E-state index contributed by atoms with van der Waals surface area (Å²) in [6, 6.07) is 11.1. The van der Waals surface area contributed by atoms with Crippen LogP contribution in [0.1, 0.15) is 24.4 Å². The van der Waals surface area contributed by atoms with Crippen molar-refractivity contribution in [3.8, 4) is 5.69 Å². The molecular formula is C24H23FIN5O4. The average Bonchev–Trinajstić information content (AvgIpc) is 3.62. The number of hydrogen-bond donors (Lipinski definition) is 2. The molecular weight excluding hydrogens is 568 g/mol. The zero-order chi connectivity index (χ0) is 24.3. The quantitative estimate of drug-likeness (QED) is 0.278. The van der Waals surface area contributed by atoms with Gasteiger partial charge in [-0.3, -0.25) is 23.3 Å². The van der Waals surface area contributed by atoms with Gasteiger partial charge in [0.15, 0.2) is 0 Å². The number of aromatic nitrogens is 3. The van der Waals surface area contributed by atoms with Crippen molar-refractivity contribution in [1.29, 1.82) is 0 Å². The Balaban J connectivity index is 0.00000289. The number of nitrogens with zero attached hydrogens (tertiary/aromatic N) is 3. The molecule has 0 spiro atoms. The Kier molecular flexibility index (Phi) is 6.32. The number of nitrogens with two attached hydrogens (primary N) is 1. The Labute approximate surface area is 212 Å². The predicted octanol–water partition coefficient (Wildman–Crippen LogP) is 2.74. The highest BCUT2D eigenvalue weighted by Crippen LogP contribution is 2.34. The highest BCUT2D eigenvalue weighted by molar-refractivity contribution is 14.1. The van der Waals surface area contributed by atoms with Gasteiger partial charge in [0.2, 0.25) is 0 Å². The van der Waals surface area contributed by atoms with Crippen molar-refractivity contribution in [3.63, 3.8) is 0 Å². The molecule has 35 heavy (non-hydrogen) atoms. The second-order valence-corrected chi connectivity index (χ2v) is 9.68. The maximum absolute atomic E-state index is 14.7. The first kappa shape index (κ1) is 24.7. The molecule has 2 aromatic carbocycles. The van der Waals surface area contributed by atoms with Crippen molar-refractivity contribution in [2.24, 2.45) is 7.05 Å². The average molecular weight is 591 g/mol. The summed E-state index contributed by atoms with van der Waals surface area (Å²) in [5, 5.41) is 3.08. The monoisotopic (exact) mass is 591 g/mol. The zero-order valence-electron chi connectivity index (χ0n) is 18.9. The number of nitrogens with one attached hydrogen (secondary N) is 1. The van der Waals surface area contributed by atoms with E-state index >= 15 is 0 Å². The third-order valence-corrected chi connectivity index (χ3v) is 6.74. The van der Waals surface area contributed by atoms with Crippen molar-refractivity contribution in [2.45, 2.75) is 25.8 Å². The van der Waals surface area contributed by atoms with Crippen LogP contribution < -0.4 is 27.9 Å². The molecule has 0 aliphatic heterocycles. The molecule has 0 radical (unpaired) electrons. The minimum Gasteiger partial charge on any atom is -0.412 e. The number of benzene rings is 2. The van der Waals surface area contributed by atoms with Crippen LogP contribution >= 0.6 is 22.6 Å². The van der Waals surface area contributed by atoms with Crippen LogP contribution in [-0.2, 0) is 7.05 Å². The molecule has 0 atom stereocenters. The number of nitrogen functional groups attached to an aromatic ring is 1. The lowest BCUT2D eigenvalue weighted by molar-refractivity contribution is 0.630. The third-order valence-electron chi connectivity index (χ3n) is 6.07. The van der Waals surface area contributed by atoms with Gasteiger partial charge in [0, 0.05) is 27.9 Å². The summed E-state index contributed by atoms with van der Waals surface area (Å²) >= 11 is 2.00. The Morgan fingerprint density at radius 1 is 1.09 bits per heavy atom. The fourth-order valence-corrected chi connectivity index (χ4v) is 4.69. The Morgan fingerprint density at radius 2 is 1.80 bits per heavy atom. The topological polar surface area (TPSA) is 136 Å². The van der Waals surface area contributed by atoms with Crippen LogP contribution in [-0.4, -0.2) is 19.2 Å². The molecule has 0 saturated heterocycles. The van der Waals surface area contributed by atoms with E-state index in [2.05, 4.69) is 5.32 Å². The molecule has 0 unspecified atom stereocenters. The highest BCUT2D eigenvalue weighted by atomic mass is 127. The number of hydrogen-bond acceptors (Lipinski definition) is 5. The van der Waals surface area contributed by atoms with Crippen LogP contribution in [0.15, 0.2) is 56.8 Å². The molecule has 1 aliphatic carbocycles.